The molecule has 1 aliphatic heterocycles. The Kier molecular flexibility index (Phi) is 7.26. The van der Waals surface area contributed by atoms with Crippen molar-refractivity contribution in [2.24, 2.45) is 0 Å². The number of carbonyl (C=O) groups is 2. The standard InChI is InChI=1S/C21H24N2O7S/c1-3-30-21(25)16-6-4-5-7-18(16)22-20(24)17-14-15(8-9-19(17)28-2)31(26,27)23-10-12-29-13-11-23/h4-9,14H,3,10-13H2,1-2H3,(H,22,24). The van der Waals surface area contributed by atoms with Gasteiger partial charge < -0.3 is 19.5 Å². The molecule has 31 heavy (non-hydrogen) atoms. The first-order valence-corrected chi connectivity index (χ1v) is 11.2. The number of anilines is 1. The van der Waals surface area contributed by atoms with Crippen LogP contribution in [0.2, 0.25) is 0 Å². The van der Waals surface area contributed by atoms with Crippen LogP contribution in [0.5, 0.6) is 5.75 Å². The van der Waals surface area contributed by atoms with Gasteiger partial charge in [0.2, 0.25) is 10.0 Å². The summed E-state index contributed by atoms with van der Waals surface area (Å²) < 4.78 is 42.7. The number of benzene rings is 2. The monoisotopic (exact) mass is 448 g/mol. The normalized spacial score (nSPS) is 14.6. The summed E-state index contributed by atoms with van der Waals surface area (Å²) in [5, 5.41) is 2.65. The molecule has 2 aromatic carbocycles. The van der Waals surface area contributed by atoms with Crippen molar-refractivity contribution < 1.29 is 32.2 Å². The minimum Gasteiger partial charge on any atom is -0.496 e. The van der Waals surface area contributed by atoms with Gasteiger partial charge in [0.25, 0.3) is 5.91 Å². The number of hydrogen-bond donors (Lipinski definition) is 1. The van der Waals surface area contributed by atoms with Gasteiger partial charge in [-0.05, 0) is 37.3 Å². The topological polar surface area (TPSA) is 111 Å². The fraction of sp³-hybridized carbons (Fsp3) is 0.333. The Morgan fingerprint density at radius 1 is 1.10 bits per heavy atom. The van der Waals surface area contributed by atoms with Gasteiger partial charge in [-0.1, -0.05) is 12.1 Å². The molecule has 0 unspecified atom stereocenters. The second-order valence-electron chi connectivity index (χ2n) is 6.60. The second-order valence-corrected chi connectivity index (χ2v) is 8.54. The number of morpholine rings is 1. The predicted octanol–water partition coefficient (Wildman–Crippen LogP) is 2.15. The third-order valence-electron chi connectivity index (χ3n) is 4.69. The average Bonchev–Trinajstić information content (AvgIpc) is 2.79. The van der Waals surface area contributed by atoms with Crippen LogP contribution >= 0.6 is 0 Å². The van der Waals surface area contributed by atoms with E-state index in [2.05, 4.69) is 5.32 Å². The van der Waals surface area contributed by atoms with E-state index in [1.165, 1.54) is 35.7 Å². The highest BCUT2D eigenvalue weighted by molar-refractivity contribution is 7.89. The van der Waals surface area contributed by atoms with Crippen molar-refractivity contribution >= 4 is 27.6 Å². The van der Waals surface area contributed by atoms with Crippen molar-refractivity contribution in [1.82, 2.24) is 4.31 Å². The van der Waals surface area contributed by atoms with Gasteiger partial charge in [-0.15, -0.1) is 0 Å². The Morgan fingerprint density at radius 3 is 2.48 bits per heavy atom. The number of nitrogens with one attached hydrogen (secondary N) is 1. The van der Waals surface area contributed by atoms with E-state index in [1.807, 2.05) is 0 Å². The third kappa shape index (κ3) is 5.04. The molecule has 2 aromatic rings. The van der Waals surface area contributed by atoms with Crippen molar-refractivity contribution in [3.05, 3.63) is 53.6 Å². The summed E-state index contributed by atoms with van der Waals surface area (Å²) in [4.78, 5) is 25.2. The van der Waals surface area contributed by atoms with Gasteiger partial charge in [-0.2, -0.15) is 4.31 Å². The summed E-state index contributed by atoms with van der Waals surface area (Å²) in [5.41, 5.74) is 0.457. The largest absolute Gasteiger partial charge is 0.496 e. The number of esters is 1. The van der Waals surface area contributed by atoms with Crippen LogP contribution in [0.4, 0.5) is 5.69 Å². The molecular weight excluding hydrogens is 424 g/mol. The van der Waals surface area contributed by atoms with Crippen LogP contribution in [0.25, 0.3) is 0 Å². The maximum Gasteiger partial charge on any atom is 0.340 e. The summed E-state index contributed by atoms with van der Waals surface area (Å²) in [6.45, 7) is 2.98. The highest BCUT2D eigenvalue weighted by Crippen LogP contribution is 2.27. The first kappa shape index (κ1) is 22.7. The number of sulfonamides is 1. The molecular formula is C21H24N2O7S. The lowest BCUT2D eigenvalue weighted by Gasteiger charge is -2.26. The maximum atomic E-state index is 13.0. The van der Waals surface area contributed by atoms with Gasteiger partial charge in [-0.3, -0.25) is 4.79 Å². The van der Waals surface area contributed by atoms with Crippen molar-refractivity contribution in [3.8, 4) is 5.75 Å². The summed E-state index contributed by atoms with van der Waals surface area (Å²) in [6, 6.07) is 10.5. The zero-order chi connectivity index (χ0) is 22.4. The molecule has 0 aromatic heterocycles. The van der Waals surface area contributed by atoms with Crippen LogP contribution in [0.15, 0.2) is 47.4 Å². The zero-order valence-corrected chi connectivity index (χ0v) is 18.1. The number of hydrogen-bond acceptors (Lipinski definition) is 7. The number of carbonyl (C=O) groups excluding carboxylic acids is 2. The van der Waals surface area contributed by atoms with E-state index in [0.29, 0.717) is 13.2 Å². The van der Waals surface area contributed by atoms with Gasteiger partial charge in [0.05, 0.1) is 48.6 Å². The third-order valence-corrected chi connectivity index (χ3v) is 6.59. The molecule has 1 amide bonds. The molecule has 0 bridgehead atoms. The Labute approximate surface area is 181 Å². The summed E-state index contributed by atoms with van der Waals surface area (Å²) in [6.07, 6.45) is 0. The Hall–Kier alpha value is -2.95. The van der Waals surface area contributed by atoms with Crippen LogP contribution < -0.4 is 10.1 Å². The van der Waals surface area contributed by atoms with Crippen LogP contribution in [-0.4, -0.2) is 64.6 Å². The summed E-state index contributed by atoms with van der Waals surface area (Å²) >= 11 is 0. The number of amides is 1. The van der Waals surface area contributed by atoms with Crippen LogP contribution in [0, 0.1) is 0 Å². The molecule has 9 nitrogen and oxygen atoms in total. The fourth-order valence-corrected chi connectivity index (χ4v) is 4.56. The molecule has 0 aliphatic carbocycles. The van der Waals surface area contributed by atoms with Crippen molar-refractivity contribution in [2.45, 2.75) is 11.8 Å². The van der Waals surface area contributed by atoms with Gasteiger partial charge in [0.1, 0.15) is 5.75 Å². The number of methoxy groups -OCH3 is 1. The van der Waals surface area contributed by atoms with E-state index in [4.69, 9.17) is 14.2 Å². The maximum absolute atomic E-state index is 13.0. The molecule has 166 valence electrons. The second kappa shape index (κ2) is 9.90. The lowest BCUT2D eigenvalue weighted by Crippen LogP contribution is -2.40. The molecule has 1 fully saturated rings. The van der Waals surface area contributed by atoms with E-state index in [1.54, 1.807) is 25.1 Å². The molecule has 1 saturated heterocycles. The van der Waals surface area contributed by atoms with Crippen molar-refractivity contribution in [3.63, 3.8) is 0 Å². The SMILES string of the molecule is CCOC(=O)c1ccccc1NC(=O)c1cc(S(=O)(=O)N2CCOCC2)ccc1OC. The van der Waals surface area contributed by atoms with Gasteiger partial charge in [0.15, 0.2) is 0 Å². The smallest absolute Gasteiger partial charge is 0.340 e. The molecule has 0 saturated carbocycles. The lowest BCUT2D eigenvalue weighted by molar-refractivity contribution is 0.0527. The van der Waals surface area contributed by atoms with Crippen LogP contribution in [-0.2, 0) is 19.5 Å². The Morgan fingerprint density at radius 2 is 1.81 bits per heavy atom. The van der Waals surface area contributed by atoms with E-state index in [9.17, 15) is 18.0 Å². The zero-order valence-electron chi connectivity index (χ0n) is 17.3. The van der Waals surface area contributed by atoms with Gasteiger partial charge in [0, 0.05) is 13.1 Å². The number of para-hydroxylation sites is 1. The molecule has 0 atom stereocenters. The highest BCUT2D eigenvalue weighted by atomic mass is 32.2. The number of nitrogens with zero attached hydrogens (tertiary/aromatic N) is 1. The lowest BCUT2D eigenvalue weighted by atomic mass is 10.1. The van der Waals surface area contributed by atoms with E-state index >= 15 is 0 Å². The summed E-state index contributed by atoms with van der Waals surface area (Å²) in [7, 11) is -2.42. The van der Waals surface area contributed by atoms with Crippen LogP contribution in [0.3, 0.4) is 0 Å². The van der Waals surface area contributed by atoms with Crippen LogP contribution in [0.1, 0.15) is 27.6 Å². The highest BCUT2D eigenvalue weighted by Gasteiger charge is 2.28. The molecule has 1 heterocycles. The molecule has 0 radical (unpaired) electrons. The van der Waals surface area contributed by atoms with E-state index in [-0.39, 0.29) is 47.2 Å². The van der Waals surface area contributed by atoms with Gasteiger partial charge in [-0.25, -0.2) is 13.2 Å². The predicted molar refractivity (Wildman–Crippen MR) is 113 cm³/mol. The first-order valence-electron chi connectivity index (χ1n) is 9.72. The first-order chi connectivity index (χ1) is 14.9. The fourth-order valence-electron chi connectivity index (χ4n) is 3.13. The summed E-state index contributed by atoms with van der Waals surface area (Å²) in [5.74, 6) is -0.992. The molecule has 0 spiro atoms. The number of ether oxygens (including phenoxy) is 3. The van der Waals surface area contributed by atoms with Gasteiger partial charge >= 0.3 is 5.97 Å². The average molecular weight is 448 g/mol. The molecule has 1 N–H and O–H groups in total. The quantitative estimate of drug-likeness (QED) is 0.646. The minimum atomic E-state index is -3.80. The molecule has 3 rings (SSSR count). The molecule has 10 heteroatoms. The van der Waals surface area contributed by atoms with E-state index in [0.717, 1.165) is 0 Å². The Bertz CT molecular complexity index is 1060. The number of rotatable bonds is 7. The van der Waals surface area contributed by atoms with E-state index < -0.39 is 21.9 Å². The van der Waals surface area contributed by atoms with Crippen molar-refractivity contribution in [2.75, 3.05) is 45.3 Å². The minimum absolute atomic E-state index is 0.0236. The molecule has 1 aliphatic rings. The van der Waals surface area contributed by atoms with Crippen molar-refractivity contribution in [1.29, 1.82) is 0 Å². The Balaban J connectivity index is 1.93.